The van der Waals surface area contributed by atoms with E-state index >= 15 is 0 Å². The Morgan fingerprint density at radius 3 is 1.77 bits per heavy atom. The average molecular weight is 294 g/mol. The fraction of sp³-hybridized carbons (Fsp3) is 0.200. The third-order valence-corrected chi connectivity index (χ3v) is 4.65. The third kappa shape index (κ3) is 2.29. The van der Waals surface area contributed by atoms with Gasteiger partial charge in [0.05, 0.1) is 0 Å². The topological polar surface area (TPSA) is 0 Å². The molecule has 0 aliphatic heterocycles. The Kier molecular flexibility index (Phi) is 3.18. The summed E-state index contributed by atoms with van der Waals surface area (Å²) in [6, 6.07) is 14.2. The summed E-state index contributed by atoms with van der Waals surface area (Å²) in [4.78, 5) is 0. The van der Waals surface area contributed by atoms with E-state index in [2.05, 4.69) is 24.3 Å². The highest BCUT2D eigenvalue weighted by atomic mass is 19.1. The Bertz CT molecular complexity index is 751. The van der Waals surface area contributed by atoms with Crippen molar-refractivity contribution in [1.29, 1.82) is 0 Å². The number of rotatable bonds is 2. The number of fused-ring (bicyclic) bond motifs is 1. The Labute approximate surface area is 128 Å². The molecule has 2 aromatic rings. The van der Waals surface area contributed by atoms with Crippen molar-refractivity contribution in [3.63, 3.8) is 0 Å². The van der Waals surface area contributed by atoms with E-state index in [4.69, 9.17) is 0 Å². The van der Waals surface area contributed by atoms with Gasteiger partial charge in [0.25, 0.3) is 0 Å². The molecule has 3 aliphatic rings. The Hall–Kier alpha value is -2.22. The van der Waals surface area contributed by atoms with Crippen LogP contribution >= 0.6 is 0 Å². The van der Waals surface area contributed by atoms with Gasteiger partial charge in [-0.3, -0.25) is 0 Å². The molecular formula is C20H16F2. The third-order valence-electron chi connectivity index (χ3n) is 4.65. The number of allylic oxidation sites excluding steroid dienone is 4. The monoisotopic (exact) mass is 294 g/mol. The largest absolute Gasteiger partial charge is 0.207 e. The second-order valence-electron chi connectivity index (χ2n) is 6.06. The highest BCUT2D eigenvalue weighted by molar-refractivity contribution is 5.82. The van der Waals surface area contributed by atoms with Crippen molar-refractivity contribution in [2.45, 2.75) is 12.8 Å². The summed E-state index contributed by atoms with van der Waals surface area (Å²) in [5, 5.41) is 0. The molecule has 2 bridgehead atoms. The summed E-state index contributed by atoms with van der Waals surface area (Å²) in [7, 11) is 0. The van der Waals surface area contributed by atoms with Gasteiger partial charge < -0.3 is 0 Å². The molecule has 0 heterocycles. The van der Waals surface area contributed by atoms with E-state index in [1.54, 1.807) is 0 Å². The van der Waals surface area contributed by atoms with Crippen LogP contribution in [0.1, 0.15) is 24.0 Å². The summed E-state index contributed by atoms with van der Waals surface area (Å²) in [6.45, 7) is 0. The van der Waals surface area contributed by atoms with Gasteiger partial charge in [-0.05, 0) is 47.2 Å². The number of hydrogen-bond donors (Lipinski definition) is 0. The van der Waals surface area contributed by atoms with E-state index in [0.717, 1.165) is 24.5 Å². The van der Waals surface area contributed by atoms with E-state index in [9.17, 15) is 8.78 Å². The van der Waals surface area contributed by atoms with Crippen LogP contribution in [-0.2, 0) is 0 Å². The van der Waals surface area contributed by atoms with Gasteiger partial charge in [0, 0.05) is 17.9 Å². The molecule has 0 aromatic heterocycles. The summed E-state index contributed by atoms with van der Waals surface area (Å²) in [5.74, 6) is -0.427. The number of halogens is 2. The van der Waals surface area contributed by atoms with E-state index < -0.39 is 11.6 Å². The minimum atomic E-state index is -0.510. The predicted molar refractivity (Wildman–Crippen MR) is 85.0 cm³/mol. The van der Waals surface area contributed by atoms with E-state index in [1.807, 2.05) is 18.2 Å². The van der Waals surface area contributed by atoms with Gasteiger partial charge in [-0.2, -0.15) is 0 Å². The predicted octanol–water partition coefficient (Wildman–Crippen LogP) is 5.47. The molecular weight excluding hydrogens is 278 g/mol. The fourth-order valence-corrected chi connectivity index (χ4v) is 3.67. The molecule has 5 rings (SSSR count). The highest BCUT2D eigenvalue weighted by Crippen LogP contribution is 2.47. The van der Waals surface area contributed by atoms with Gasteiger partial charge in [0.1, 0.15) is 11.6 Å². The van der Waals surface area contributed by atoms with Gasteiger partial charge >= 0.3 is 0 Å². The zero-order chi connectivity index (χ0) is 15.1. The van der Waals surface area contributed by atoms with E-state index in [-0.39, 0.29) is 5.92 Å². The maximum atomic E-state index is 13.5. The molecule has 3 aliphatic carbocycles. The van der Waals surface area contributed by atoms with Crippen LogP contribution < -0.4 is 0 Å². The van der Waals surface area contributed by atoms with Crippen LogP contribution in [0.5, 0.6) is 0 Å². The van der Waals surface area contributed by atoms with Crippen LogP contribution in [0, 0.1) is 23.5 Å². The van der Waals surface area contributed by atoms with Crippen molar-refractivity contribution >= 4 is 11.1 Å². The molecule has 2 aromatic carbocycles. The lowest BCUT2D eigenvalue weighted by molar-refractivity contribution is 0.553. The zero-order valence-corrected chi connectivity index (χ0v) is 12.1. The SMILES string of the molecule is Fc1cc(F)cc(C2=C[C@H]3CC[C@@H]2C=C3c2ccccc2)c1. The van der Waals surface area contributed by atoms with E-state index in [1.165, 1.54) is 23.3 Å². The van der Waals surface area contributed by atoms with Gasteiger partial charge in [-0.15, -0.1) is 0 Å². The summed E-state index contributed by atoms with van der Waals surface area (Å²) in [6.07, 6.45) is 6.63. The molecule has 0 spiro atoms. The first-order chi connectivity index (χ1) is 10.7. The normalized spacial score (nSPS) is 23.2. The second-order valence-corrected chi connectivity index (χ2v) is 6.06. The lowest BCUT2D eigenvalue weighted by atomic mass is 9.69. The molecule has 0 unspecified atom stereocenters. The van der Waals surface area contributed by atoms with Crippen molar-refractivity contribution in [3.05, 3.63) is 83.4 Å². The quantitative estimate of drug-likeness (QED) is 0.689. The zero-order valence-electron chi connectivity index (χ0n) is 12.1. The van der Waals surface area contributed by atoms with Crippen molar-refractivity contribution in [1.82, 2.24) is 0 Å². The molecule has 0 amide bonds. The lowest BCUT2D eigenvalue weighted by Crippen LogP contribution is -2.20. The molecule has 0 saturated heterocycles. The first-order valence-electron chi connectivity index (χ1n) is 7.66. The molecule has 0 radical (unpaired) electrons. The summed E-state index contributed by atoms with van der Waals surface area (Å²) in [5.41, 5.74) is 4.33. The van der Waals surface area contributed by atoms with Crippen LogP contribution in [0.15, 0.2) is 60.7 Å². The fourth-order valence-electron chi connectivity index (χ4n) is 3.67. The van der Waals surface area contributed by atoms with E-state index in [0.29, 0.717) is 11.5 Å². The van der Waals surface area contributed by atoms with Crippen molar-refractivity contribution < 1.29 is 8.78 Å². The molecule has 2 atom stereocenters. The molecule has 110 valence electrons. The molecule has 0 saturated carbocycles. The van der Waals surface area contributed by atoms with Crippen LogP contribution in [0.3, 0.4) is 0 Å². The molecule has 0 nitrogen and oxygen atoms in total. The van der Waals surface area contributed by atoms with Gasteiger partial charge in [-0.25, -0.2) is 8.78 Å². The van der Waals surface area contributed by atoms with Gasteiger partial charge in [0.15, 0.2) is 0 Å². The Balaban J connectivity index is 1.72. The summed E-state index contributed by atoms with van der Waals surface area (Å²) >= 11 is 0. The molecule has 22 heavy (non-hydrogen) atoms. The van der Waals surface area contributed by atoms with Crippen LogP contribution in [0.25, 0.3) is 11.1 Å². The molecule has 0 fully saturated rings. The minimum absolute atomic E-state index is 0.251. The maximum absolute atomic E-state index is 13.5. The highest BCUT2D eigenvalue weighted by Gasteiger charge is 2.31. The van der Waals surface area contributed by atoms with Crippen LogP contribution in [0.2, 0.25) is 0 Å². The summed E-state index contributed by atoms with van der Waals surface area (Å²) < 4.78 is 27.0. The second kappa shape index (κ2) is 5.20. The van der Waals surface area contributed by atoms with Crippen LogP contribution in [-0.4, -0.2) is 0 Å². The van der Waals surface area contributed by atoms with Crippen molar-refractivity contribution in [2.24, 2.45) is 11.8 Å². The van der Waals surface area contributed by atoms with Crippen molar-refractivity contribution in [2.75, 3.05) is 0 Å². The Morgan fingerprint density at radius 2 is 1.23 bits per heavy atom. The maximum Gasteiger partial charge on any atom is 0.126 e. The lowest BCUT2D eigenvalue weighted by Gasteiger charge is -2.35. The van der Waals surface area contributed by atoms with Gasteiger partial charge in [0.2, 0.25) is 0 Å². The first kappa shape index (κ1) is 13.4. The van der Waals surface area contributed by atoms with Gasteiger partial charge in [-0.1, -0.05) is 42.5 Å². The molecule has 2 heteroatoms. The minimum Gasteiger partial charge on any atom is -0.207 e. The van der Waals surface area contributed by atoms with Crippen LogP contribution in [0.4, 0.5) is 8.78 Å². The van der Waals surface area contributed by atoms with Crippen molar-refractivity contribution in [3.8, 4) is 0 Å². The first-order valence-corrected chi connectivity index (χ1v) is 7.66. The molecule has 0 N–H and O–H groups in total. The smallest absolute Gasteiger partial charge is 0.126 e. The average Bonchev–Trinajstić information content (AvgIpc) is 2.55. The standard InChI is InChI=1S/C20H16F2/c21-17-8-16(9-18(22)12-17)20-11-14-6-7-15(20)10-19(14)13-4-2-1-3-5-13/h1-5,8-12,14-15H,6-7H2/t14-,15-/m1/s1. The number of benzene rings is 2. The Morgan fingerprint density at radius 1 is 0.682 bits per heavy atom. The number of hydrogen-bond acceptors (Lipinski definition) is 0.